The van der Waals surface area contributed by atoms with E-state index in [1.807, 2.05) is 13.8 Å². The minimum absolute atomic E-state index is 0.0879. The summed E-state index contributed by atoms with van der Waals surface area (Å²) in [6.07, 6.45) is 1.83. The lowest BCUT2D eigenvalue weighted by atomic mass is 10.0. The average Bonchev–Trinajstić information content (AvgIpc) is 3.00. The van der Waals surface area contributed by atoms with Crippen molar-refractivity contribution in [1.29, 1.82) is 0 Å². The van der Waals surface area contributed by atoms with Crippen molar-refractivity contribution < 1.29 is 32.7 Å². The molecule has 7 N–H and O–H groups in total. The van der Waals surface area contributed by atoms with Crippen LogP contribution in [0.15, 0.2) is 77.7 Å². The minimum Gasteiger partial charge on any atom is -0.481 e. The first-order chi connectivity index (χ1) is 21.0. The molecule has 13 nitrogen and oxygen atoms in total. The highest BCUT2D eigenvalue weighted by Gasteiger charge is 2.20. The van der Waals surface area contributed by atoms with Gasteiger partial charge in [0.15, 0.2) is 0 Å². The average molecular weight is 627 g/mol. The lowest BCUT2D eigenvalue weighted by Gasteiger charge is -2.19. The summed E-state index contributed by atoms with van der Waals surface area (Å²) in [6.45, 7) is 4.20. The molecule has 236 valence electrons. The maximum absolute atomic E-state index is 13.1. The number of hydrogen-bond donors (Lipinski definition) is 7. The van der Waals surface area contributed by atoms with Crippen LogP contribution in [0.3, 0.4) is 0 Å². The number of hydrogen-bond acceptors (Lipinski definition) is 7. The number of anilines is 4. The zero-order valence-corrected chi connectivity index (χ0v) is 25.5. The molecule has 0 saturated heterocycles. The number of carboxylic acid groups (broad SMARTS) is 1. The van der Waals surface area contributed by atoms with Crippen molar-refractivity contribution in [3.63, 3.8) is 0 Å². The van der Waals surface area contributed by atoms with Crippen LogP contribution in [-0.4, -0.2) is 51.4 Å². The summed E-state index contributed by atoms with van der Waals surface area (Å²) in [5.41, 5.74) is 2.20. The summed E-state index contributed by atoms with van der Waals surface area (Å²) in [7, 11) is -2.30. The Bertz CT molecular complexity index is 1510. The number of aldehydes is 1. The molecule has 3 rings (SSSR count). The maximum Gasteiger partial charge on any atom is 0.319 e. The van der Waals surface area contributed by atoms with Crippen molar-refractivity contribution in [3.05, 3.63) is 78.4 Å². The van der Waals surface area contributed by atoms with Crippen molar-refractivity contribution >= 4 is 57.1 Å². The van der Waals surface area contributed by atoms with Gasteiger partial charge in [-0.1, -0.05) is 32.0 Å². The summed E-state index contributed by atoms with van der Waals surface area (Å²) >= 11 is 0. The summed E-state index contributed by atoms with van der Waals surface area (Å²) in [5.74, 6) is -1.15. The molecule has 0 bridgehead atoms. The van der Waals surface area contributed by atoms with E-state index in [0.29, 0.717) is 29.9 Å². The number of aliphatic carboxylic acids is 1. The van der Waals surface area contributed by atoms with E-state index in [9.17, 15) is 32.7 Å². The number of urea groups is 2. The Morgan fingerprint density at radius 2 is 1.45 bits per heavy atom. The van der Waals surface area contributed by atoms with Crippen LogP contribution in [-0.2, 0) is 19.6 Å². The number of benzene rings is 3. The van der Waals surface area contributed by atoms with Gasteiger partial charge in [-0.2, -0.15) is 0 Å². The number of amides is 4. The van der Waals surface area contributed by atoms with Crippen molar-refractivity contribution in [3.8, 4) is 0 Å². The van der Waals surface area contributed by atoms with Crippen molar-refractivity contribution in [2.24, 2.45) is 0 Å². The first-order valence-corrected chi connectivity index (χ1v) is 15.3. The number of carbonyl (C=O) groups is 4. The largest absolute Gasteiger partial charge is 0.481 e. The van der Waals surface area contributed by atoms with Gasteiger partial charge in [-0.05, 0) is 66.6 Å². The lowest BCUT2D eigenvalue weighted by molar-refractivity contribution is -0.137. The quantitative estimate of drug-likeness (QED) is 0.129. The Kier molecular flexibility index (Phi) is 14.2. The lowest BCUT2D eigenvalue weighted by Crippen LogP contribution is -2.33. The fourth-order valence-corrected chi connectivity index (χ4v) is 4.76. The zero-order chi connectivity index (χ0) is 32.5. The molecule has 0 heterocycles. The van der Waals surface area contributed by atoms with Crippen molar-refractivity contribution in [1.82, 2.24) is 10.6 Å². The van der Waals surface area contributed by atoms with E-state index in [4.69, 9.17) is 0 Å². The second-order valence-electron chi connectivity index (χ2n) is 9.29. The molecule has 0 saturated carbocycles. The molecule has 0 spiro atoms. The highest BCUT2D eigenvalue weighted by Crippen LogP contribution is 2.24. The second kappa shape index (κ2) is 17.8. The van der Waals surface area contributed by atoms with Gasteiger partial charge in [-0.15, -0.1) is 0 Å². The minimum atomic E-state index is -4.07. The molecule has 3 aromatic rings. The van der Waals surface area contributed by atoms with E-state index < -0.39 is 40.5 Å². The number of carboxylic acids is 1. The van der Waals surface area contributed by atoms with Gasteiger partial charge in [-0.3, -0.25) is 9.52 Å². The zero-order valence-electron chi connectivity index (χ0n) is 24.7. The van der Waals surface area contributed by atoms with Crippen LogP contribution in [0.5, 0.6) is 0 Å². The molecule has 0 aliphatic heterocycles. The summed E-state index contributed by atoms with van der Waals surface area (Å²) < 4.78 is 28.6. The van der Waals surface area contributed by atoms with Crippen LogP contribution in [0.4, 0.5) is 32.3 Å². The number of nitrogens with one attached hydrogen (secondary N) is 6. The molecule has 0 radical (unpaired) electrons. The summed E-state index contributed by atoms with van der Waals surface area (Å²) in [4.78, 5) is 45.2. The standard InChI is InChI=1S/C27H32N6O6S.C3H6O/c1-3-14-29-26(36)31-21-7-5-9-23(16-21)40(38,39)33-22-8-4-6-18(15-22)24(17-25(34)35)32-27(37)30-20-12-10-19(28-2)11-13-20;1-2-3-4/h4-13,15-16,24,28,33H,3,14,17H2,1-2H3,(H,34,35)(H2,29,31,36)(H2,30,32,37);3H,2H2,1H3. The SMILES string of the molecule is CCC=O.CCCNC(=O)Nc1cccc(S(=O)(=O)Nc2cccc(C(CC(=O)O)NC(=O)Nc3ccc(NC)cc3)c2)c1. The van der Waals surface area contributed by atoms with Crippen molar-refractivity contribution in [2.45, 2.75) is 44.0 Å². The van der Waals surface area contributed by atoms with E-state index in [1.165, 1.54) is 30.3 Å². The Balaban J connectivity index is 0.00000159. The third-order valence-corrected chi connectivity index (χ3v) is 7.14. The predicted molar refractivity (Wildman–Crippen MR) is 170 cm³/mol. The van der Waals surface area contributed by atoms with Gasteiger partial charge in [0, 0.05) is 42.8 Å². The van der Waals surface area contributed by atoms with Crippen LogP contribution in [0.2, 0.25) is 0 Å². The fourth-order valence-electron chi connectivity index (χ4n) is 3.66. The molecule has 0 aromatic heterocycles. The molecule has 44 heavy (non-hydrogen) atoms. The van der Waals surface area contributed by atoms with Gasteiger partial charge in [0.05, 0.1) is 17.4 Å². The van der Waals surface area contributed by atoms with Gasteiger partial charge >= 0.3 is 18.0 Å². The van der Waals surface area contributed by atoms with Crippen LogP contribution in [0.1, 0.15) is 44.7 Å². The van der Waals surface area contributed by atoms with Gasteiger partial charge in [0.2, 0.25) is 0 Å². The number of carbonyl (C=O) groups excluding carboxylic acids is 3. The van der Waals surface area contributed by atoms with Crippen LogP contribution in [0.25, 0.3) is 0 Å². The number of rotatable bonds is 13. The third-order valence-electron chi connectivity index (χ3n) is 5.76. The molecule has 4 amide bonds. The predicted octanol–water partition coefficient (Wildman–Crippen LogP) is 4.99. The normalized spacial score (nSPS) is 11.1. The molecule has 0 aliphatic carbocycles. The molecule has 0 fully saturated rings. The Morgan fingerprint density at radius 1 is 0.841 bits per heavy atom. The fraction of sp³-hybridized carbons (Fsp3) is 0.267. The molecular weight excluding hydrogens is 588 g/mol. The molecule has 1 unspecified atom stereocenters. The Morgan fingerprint density at radius 3 is 2.07 bits per heavy atom. The van der Waals surface area contributed by atoms with E-state index in [0.717, 1.165) is 18.4 Å². The summed E-state index contributed by atoms with van der Waals surface area (Å²) in [5, 5.41) is 22.9. The highest BCUT2D eigenvalue weighted by atomic mass is 32.2. The highest BCUT2D eigenvalue weighted by molar-refractivity contribution is 7.92. The summed E-state index contributed by atoms with van der Waals surface area (Å²) in [6, 6.07) is 16.7. The van der Waals surface area contributed by atoms with E-state index in [1.54, 1.807) is 49.5 Å². The molecule has 1 atom stereocenters. The topological polar surface area (TPSA) is 195 Å². The Labute approximate surface area is 256 Å². The molecular formula is C30H38N6O7S. The molecule has 14 heteroatoms. The van der Waals surface area contributed by atoms with Gasteiger partial charge in [0.25, 0.3) is 10.0 Å². The molecule has 0 aliphatic rings. The molecule has 3 aromatic carbocycles. The van der Waals surface area contributed by atoms with Crippen LogP contribution in [0, 0.1) is 0 Å². The van der Waals surface area contributed by atoms with Crippen LogP contribution >= 0.6 is 0 Å². The third kappa shape index (κ3) is 12.0. The first kappa shape index (κ1) is 35.1. The van der Waals surface area contributed by atoms with Crippen LogP contribution < -0.4 is 31.3 Å². The van der Waals surface area contributed by atoms with Gasteiger partial charge in [0.1, 0.15) is 6.29 Å². The first-order valence-electron chi connectivity index (χ1n) is 13.8. The van der Waals surface area contributed by atoms with Crippen molar-refractivity contribution in [2.75, 3.05) is 34.3 Å². The van der Waals surface area contributed by atoms with Gasteiger partial charge < -0.3 is 36.5 Å². The smallest absolute Gasteiger partial charge is 0.319 e. The van der Waals surface area contributed by atoms with Gasteiger partial charge in [-0.25, -0.2) is 18.0 Å². The van der Waals surface area contributed by atoms with E-state index >= 15 is 0 Å². The monoisotopic (exact) mass is 626 g/mol. The van der Waals surface area contributed by atoms with E-state index in [2.05, 4.69) is 31.3 Å². The Hall–Kier alpha value is -5.11. The number of sulfonamides is 1. The maximum atomic E-state index is 13.1. The van der Waals surface area contributed by atoms with E-state index in [-0.39, 0.29) is 10.6 Å². The second-order valence-corrected chi connectivity index (χ2v) is 11.0.